The molecule has 0 saturated heterocycles. The van der Waals surface area contributed by atoms with Gasteiger partial charge in [-0.1, -0.05) is 12.2 Å². The molecule has 0 saturated carbocycles. The van der Waals surface area contributed by atoms with E-state index in [1.807, 2.05) is 0 Å². The first-order valence-corrected chi connectivity index (χ1v) is 7.34. The number of halogens is 1. The molecule has 0 spiro atoms. The number of aromatic amines is 1. The Kier molecular flexibility index (Phi) is 3.67. The van der Waals surface area contributed by atoms with Crippen molar-refractivity contribution in [2.75, 3.05) is 6.26 Å². The number of H-pyrrole nitrogens is 1. The molecule has 1 atom stereocenters. The molecule has 0 fully saturated rings. The van der Waals surface area contributed by atoms with Gasteiger partial charge in [0.05, 0.1) is 4.47 Å². The molecular weight excluding hydrogens is 300 g/mol. The van der Waals surface area contributed by atoms with Crippen molar-refractivity contribution in [1.29, 1.82) is 0 Å². The topological polar surface area (TPSA) is 62.8 Å². The Morgan fingerprint density at radius 1 is 1.53 bits per heavy atom. The van der Waals surface area contributed by atoms with Gasteiger partial charge in [0.15, 0.2) is 9.84 Å². The predicted molar refractivity (Wildman–Crippen MR) is 65.1 cm³/mol. The quantitative estimate of drug-likeness (QED) is 0.851. The highest BCUT2D eigenvalue weighted by atomic mass is 79.9. The molecule has 1 heterocycles. The molecule has 1 N–H and O–H groups in total. The van der Waals surface area contributed by atoms with Crippen molar-refractivity contribution in [3.05, 3.63) is 20.6 Å². The molecule has 0 aliphatic carbocycles. The van der Waals surface area contributed by atoms with Gasteiger partial charge in [0.2, 0.25) is 0 Å². The fourth-order valence-corrected chi connectivity index (χ4v) is 1.95. The van der Waals surface area contributed by atoms with Crippen LogP contribution in [0.4, 0.5) is 0 Å². The Morgan fingerprint density at radius 2 is 2.07 bits per heavy atom. The molecule has 7 heteroatoms. The van der Waals surface area contributed by atoms with Crippen LogP contribution < -0.4 is 0 Å². The van der Waals surface area contributed by atoms with E-state index in [1.165, 1.54) is 6.26 Å². The molecule has 15 heavy (non-hydrogen) atoms. The number of nitrogens with one attached hydrogen (secondary N) is 1. The summed E-state index contributed by atoms with van der Waals surface area (Å²) in [6.07, 6.45) is 1.17. The zero-order valence-electron chi connectivity index (χ0n) is 8.54. The molecule has 1 rings (SSSR count). The van der Waals surface area contributed by atoms with Gasteiger partial charge in [0, 0.05) is 11.9 Å². The molecule has 0 amide bonds. The number of hydrogen-bond acceptors (Lipinski definition) is 4. The molecule has 0 aliphatic rings. The van der Waals surface area contributed by atoms with Gasteiger partial charge in [0.1, 0.15) is 15.7 Å². The number of aromatic nitrogens is 2. The second-order valence-electron chi connectivity index (χ2n) is 3.34. The average Bonchev–Trinajstić information content (AvgIpc) is 2.10. The molecule has 4 nitrogen and oxygen atoms in total. The number of rotatable bonds is 2. The molecule has 1 aromatic heterocycles. The monoisotopic (exact) mass is 310 g/mol. The summed E-state index contributed by atoms with van der Waals surface area (Å²) in [7, 11) is -3.16. The highest BCUT2D eigenvalue weighted by Crippen LogP contribution is 2.21. The Labute approximate surface area is 102 Å². The number of aryl methyl sites for hydroxylation is 1. The lowest BCUT2D eigenvalue weighted by Crippen LogP contribution is -2.12. The van der Waals surface area contributed by atoms with Gasteiger partial charge >= 0.3 is 0 Å². The van der Waals surface area contributed by atoms with Crippen LogP contribution in [-0.2, 0) is 9.84 Å². The molecule has 84 valence electrons. The van der Waals surface area contributed by atoms with Gasteiger partial charge in [-0.15, -0.1) is 0 Å². The van der Waals surface area contributed by atoms with Gasteiger partial charge in [-0.05, 0) is 29.8 Å². The highest BCUT2D eigenvalue weighted by molar-refractivity contribution is 9.10. The number of hydrogen-bond donors (Lipinski definition) is 1. The molecule has 0 bridgehead atoms. The van der Waals surface area contributed by atoms with Crippen molar-refractivity contribution in [1.82, 2.24) is 9.97 Å². The summed E-state index contributed by atoms with van der Waals surface area (Å²) in [5.74, 6) is 0.378. The molecule has 0 aromatic carbocycles. The Morgan fingerprint density at radius 3 is 2.47 bits per heavy atom. The summed E-state index contributed by atoms with van der Waals surface area (Å²) in [6, 6.07) is 0. The van der Waals surface area contributed by atoms with Crippen LogP contribution in [0.1, 0.15) is 23.7 Å². The van der Waals surface area contributed by atoms with Crippen LogP contribution in [0, 0.1) is 11.6 Å². The first kappa shape index (κ1) is 12.8. The van der Waals surface area contributed by atoms with E-state index < -0.39 is 15.1 Å². The molecule has 0 aliphatic heterocycles. The van der Waals surface area contributed by atoms with E-state index in [0.29, 0.717) is 14.9 Å². The zero-order valence-corrected chi connectivity index (χ0v) is 11.8. The lowest BCUT2D eigenvalue weighted by atomic mass is 10.4. The predicted octanol–water partition coefficient (Wildman–Crippen LogP) is 2.32. The van der Waals surface area contributed by atoms with Crippen molar-refractivity contribution >= 4 is 38.0 Å². The zero-order chi connectivity index (χ0) is 11.8. The van der Waals surface area contributed by atoms with Gasteiger partial charge < -0.3 is 4.98 Å². The summed E-state index contributed by atoms with van der Waals surface area (Å²) < 4.78 is 23.7. The molecule has 0 radical (unpaired) electrons. The number of nitrogens with zero attached hydrogens (tertiary/aromatic N) is 1. The third-order valence-electron chi connectivity index (χ3n) is 2.08. The van der Waals surface area contributed by atoms with E-state index in [2.05, 4.69) is 25.9 Å². The van der Waals surface area contributed by atoms with Crippen LogP contribution in [0.2, 0.25) is 0 Å². The Bertz CT molecular complexity index is 536. The minimum Gasteiger partial charge on any atom is -0.345 e. The lowest BCUT2D eigenvalue weighted by molar-refractivity contribution is 0.588. The van der Waals surface area contributed by atoms with Gasteiger partial charge in [-0.25, -0.2) is 13.4 Å². The van der Waals surface area contributed by atoms with Gasteiger partial charge in [0.25, 0.3) is 0 Å². The van der Waals surface area contributed by atoms with Crippen molar-refractivity contribution < 1.29 is 8.42 Å². The van der Waals surface area contributed by atoms with Crippen LogP contribution >= 0.6 is 28.1 Å². The summed E-state index contributed by atoms with van der Waals surface area (Å²) >= 11 is 8.26. The van der Waals surface area contributed by atoms with E-state index in [4.69, 9.17) is 12.2 Å². The standard InChI is InChI=1S/C8H11BrN2O2S2/c1-4-6(9)8(14)11-7(10-4)5(2)15(3,12)13/h5H,1-3H3,(H,10,11,14). The Balaban J connectivity index is 3.36. The maximum atomic E-state index is 11.3. The average molecular weight is 311 g/mol. The second-order valence-corrected chi connectivity index (χ2v) is 6.88. The maximum Gasteiger partial charge on any atom is 0.157 e. The van der Waals surface area contributed by atoms with Crippen molar-refractivity contribution in [2.45, 2.75) is 19.1 Å². The Hall–Kier alpha value is -0.270. The van der Waals surface area contributed by atoms with Gasteiger partial charge in [-0.3, -0.25) is 0 Å². The minimum absolute atomic E-state index is 0.372. The summed E-state index contributed by atoms with van der Waals surface area (Å²) in [6.45, 7) is 3.39. The summed E-state index contributed by atoms with van der Waals surface area (Å²) in [4.78, 5) is 6.95. The van der Waals surface area contributed by atoms with Crippen molar-refractivity contribution in [2.24, 2.45) is 0 Å². The van der Waals surface area contributed by atoms with Crippen LogP contribution in [-0.4, -0.2) is 24.6 Å². The maximum absolute atomic E-state index is 11.3. The van der Waals surface area contributed by atoms with Crippen LogP contribution in [0.25, 0.3) is 0 Å². The summed E-state index contributed by atoms with van der Waals surface area (Å²) in [5, 5.41) is -0.675. The SMILES string of the molecule is Cc1[nH]c(C(C)S(C)(=O)=O)nc(=S)c1Br. The second kappa shape index (κ2) is 4.31. The third kappa shape index (κ3) is 2.85. The smallest absolute Gasteiger partial charge is 0.157 e. The van der Waals surface area contributed by atoms with E-state index in [9.17, 15) is 8.42 Å². The van der Waals surface area contributed by atoms with Crippen LogP contribution in [0.3, 0.4) is 0 Å². The van der Waals surface area contributed by atoms with Crippen LogP contribution in [0.5, 0.6) is 0 Å². The molecular formula is C8H11BrN2O2S2. The minimum atomic E-state index is -3.16. The largest absolute Gasteiger partial charge is 0.345 e. The van der Waals surface area contributed by atoms with E-state index in [1.54, 1.807) is 13.8 Å². The van der Waals surface area contributed by atoms with Crippen molar-refractivity contribution in [3.8, 4) is 0 Å². The van der Waals surface area contributed by atoms with E-state index in [0.717, 1.165) is 5.69 Å². The van der Waals surface area contributed by atoms with Crippen molar-refractivity contribution in [3.63, 3.8) is 0 Å². The fraction of sp³-hybridized carbons (Fsp3) is 0.500. The normalized spacial score (nSPS) is 13.9. The fourth-order valence-electron chi connectivity index (χ4n) is 0.989. The third-order valence-corrected chi connectivity index (χ3v) is 5.12. The van der Waals surface area contributed by atoms with Crippen LogP contribution in [0.15, 0.2) is 4.47 Å². The first-order valence-electron chi connectivity index (χ1n) is 4.18. The van der Waals surface area contributed by atoms with E-state index >= 15 is 0 Å². The molecule has 1 aromatic rings. The highest BCUT2D eigenvalue weighted by Gasteiger charge is 2.20. The first-order chi connectivity index (χ1) is 6.73. The number of sulfone groups is 1. The lowest BCUT2D eigenvalue weighted by Gasteiger charge is -2.10. The summed E-state index contributed by atoms with van der Waals surface area (Å²) in [5.41, 5.74) is 0.778. The van der Waals surface area contributed by atoms with E-state index in [-0.39, 0.29) is 0 Å². The molecule has 1 unspecified atom stereocenters. The van der Waals surface area contributed by atoms with Gasteiger partial charge in [-0.2, -0.15) is 0 Å².